The Balaban J connectivity index is 2.23. The van der Waals surface area contributed by atoms with Gasteiger partial charge in [-0.1, -0.05) is 26.2 Å². The number of hydroxylamine groups is 1. The lowest BCUT2D eigenvalue weighted by molar-refractivity contribution is -0.222. The molecule has 1 fully saturated rings. The van der Waals surface area contributed by atoms with E-state index in [1.54, 1.807) is 6.92 Å². The summed E-state index contributed by atoms with van der Waals surface area (Å²) in [6, 6.07) is 0. The van der Waals surface area contributed by atoms with E-state index in [0.717, 1.165) is 19.4 Å². The predicted molar refractivity (Wildman–Crippen MR) is 72.4 cm³/mol. The summed E-state index contributed by atoms with van der Waals surface area (Å²) < 4.78 is 5.37. The fourth-order valence-electron chi connectivity index (χ4n) is 1.93. The second-order valence-corrected chi connectivity index (χ2v) is 5.26. The highest BCUT2D eigenvalue weighted by Crippen LogP contribution is 2.24. The van der Waals surface area contributed by atoms with Crippen LogP contribution in [-0.2, 0) is 9.57 Å². The van der Waals surface area contributed by atoms with Crippen LogP contribution in [0.25, 0.3) is 0 Å². The maximum Gasteiger partial charge on any atom is 0.143 e. The van der Waals surface area contributed by atoms with Crippen LogP contribution < -0.4 is 5.48 Å². The van der Waals surface area contributed by atoms with Crippen molar-refractivity contribution in [2.75, 3.05) is 6.54 Å². The van der Waals surface area contributed by atoms with E-state index < -0.39 is 29.9 Å². The van der Waals surface area contributed by atoms with Gasteiger partial charge in [0.05, 0.1) is 6.10 Å². The summed E-state index contributed by atoms with van der Waals surface area (Å²) >= 11 is 4.22. The van der Waals surface area contributed by atoms with Gasteiger partial charge in [0, 0.05) is 6.54 Å². The molecule has 6 heteroatoms. The molecule has 0 bridgehead atoms. The van der Waals surface area contributed by atoms with Crippen molar-refractivity contribution >= 4 is 12.6 Å². The molecule has 0 saturated carbocycles. The Morgan fingerprint density at radius 3 is 2.61 bits per heavy atom. The molecule has 5 atom stereocenters. The van der Waals surface area contributed by atoms with E-state index in [9.17, 15) is 10.2 Å². The van der Waals surface area contributed by atoms with Crippen molar-refractivity contribution in [2.45, 2.75) is 69.4 Å². The first-order chi connectivity index (χ1) is 8.57. The van der Waals surface area contributed by atoms with Crippen LogP contribution >= 0.6 is 12.6 Å². The molecule has 0 radical (unpaired) electrons. The maximum atomic E-state index is 9.88. The van der Waals surface area contributed by atoms with Gasteiger partial charge in [-0.25, -0.2) is 5.48 Å². The van der Waals surface area contributed by atoms with Crippen molar-refractivity contribution in [1.82, 2.24) is 5.48 Å². The zero-order valence-electron chi connectivity index (χ0n) is 11.1. The van der Waals surface area contributed by atoms with E-state index in [2.05, 4.69) is 25.0 Å². The van der Waals surface area contributed by atoms with E-state index in [-0.39, 0.29) is 0 Å². The van der Waals surface area contributed by atoms with E-state index in [4.69, 9.17) is 9.57 Å². The first kappa shape index (κ1) is 16.2. The number of hydrogen-bond donors (Lipinski definition) is 4. The second-order valence-electron chi connectivity index (χ2n) is 4.75. The standard InChI is InChI=1S/C12H25NO4S/c1-3-4-5-6-7-13-17-11-10(15)9(14)8(2)16-12(11)18/h8-15,18H,3-7H2,1-2H3/t8-,9+,10+,11-,12-/m1/s1. The molecular formula is C12H25NO4S. The van der Waals surface area contributed by atoms with Gasteiger partial charge >= 0.3 is 0 Å². The van der Waals surface area contributed by atoms with E-state index in [1.165, 1.54) is 12.8 Å². The molecule has 5 nitrogen and oxygen atoms in total. The molecule has 0 aromatic heterocycles. The fraction of sp³-hybridized carbons (Fsp3) is 1.00. The van der Waals surface area contributed by atoms with Crippen molar-refractivity contribution in [3.8, 4) is 0 Å². The summed E-state index contributed by atoms with van der Waals surface area (Å²) in [7, 11) is 0. The number of aliphatic hydroxyl groups is 2. The Hall–Kier alpha value is 0.150. The van der Waals surface area contributed by atoms with E-state index >= 15 is 0 Å². The third kappa shape index (κ3) is 4.68. The molecule has 1 heterocycles. The van der Waals surface area contributed by atoms with Gasteiger partial charge in [-0.15, -0.1) is 12.6 Å². The van der Waals surface area contributed by atoms with E-state index in [0.29, 0.717) is 0 Å². The van der Waals surface area contributed by atoms with Crippen LogP contribution in [0.1, 0.15) is 39.5 Å². The van der Waals surface area contributed by atoms with Crippen LogP contribution in [0.15, 0.2) is 0 Å². The molecule has 1 rings (SSSR count). The van der Waals surface area contributed by atoms with Gasteiger partial charge in [0.2, 0.25) is 0 Å². The van der Waals surface area contributed by atoms with Gasteiger partial charge in [0.15, 0.2) is 0 Å². The van der Waals surface area contributed by atoms with Crippen molar-refractivity contribution in [1.29, 1.82) is 0 Å². The van der Waals surface area contributed by atoms with Crippen molar-refractivity contribution in [2.24, 2.45) is 0 Å². The van der Waals surface area contributed by atoms with Gasteiger partial charge in [-0.05, 0) is 13.3 Å². The van der Waals surface area contributed by atoms with Crippen LogP contribution in [0.3, 0.4) is 0 Å². The third-order valence-electron chi connectivity index (χ3n) is 3.15. The monoisotopic (exact) mass is 279 g/mol. The lowest BCUT2D eigenvalue weighted by Crippen LogP contribution is -2.57. The minimum Gasteiger partial charge on any atom is -0.388 e. The molecule has 0 amide bonds. The summed E-state index contributed by atoms with van der Waals surface area (Å²) in [6.07, 6.45) is 1.55. The van der Waals surface area contributed by atoms with Crippen molar-refractivity contribution in [3.05, 3.63) is 0 Å². The number of ether oxygens (including phenoxy) is 1. The zero-order chi connectivity index (χ0) is 13.5. The number of thiol groups is 1. The highest BCUT2D eigenvalue weighted by Gasteiger charge is 2.42. The number of aliphatic hydroxyl groups excluding tert-OH is 2. The smallest absolute Gasteiger partial charge is 0.143 e. The van der Waals surface area contributed by atoms with Crippen LogP contribution in [-0.4, -0.2) is 46.6 Å². The maximum absolute atomic E-state index is 9.88. The molecular weight excluding hydrogens is 254 g/mol. The summed E-state index contributed by atoms with van der Waals surface area (Å²) in [5.74, 6) is 0. The average molecular weight is 279 g/mol. The van der Waals surface area contributed by atoms with Crippen LogP contribution in [0.5, 0.6) is 0 Å². The average Bonchev–Trinajstić information content (AvgIpc) is 2.34. The number of hydrogen-bond acceptors (Lipinski definition) is 6. The minimum absolute atomic E-state index is 0.438. The van der Waals surface area contributed by atoms with Gasteiger partial charge in [-0.3, -0.25) is 4.84 Å². The Morgan fingerprint density at radius 1 is 1.22 bits per heavy atom. The van der Waals surface area contributed by atoms with Crippen LogP contribution in [0.2, 0.25) is 0 Å². The molecule has 3 N–H and O–H groups in total. The highest BCUT2D eigenvalue weighted by molar-refractivity contribution is 7.80. The third-order valence-corrected chi connectivity index (χ3v) is 3.57. The van der Waals surface area contributed by atoms with E-state index in [1.807, 2.05) is 0 Å². The van der Waals surface area contributed by atoms with Gasteiger partial charge in [-0.2, -0.15) is 0 Å². The van der Waals surface area contributed by atoms with Crippen LogP contribution in [0, 0.1) is 0 Å². The second kappa shape index (κ2) is 8.35. The summed E-state index contributed by atoms with van der Waals surface area (Å²) in [4.78, 5) is 5.35. The number of nitrogens with one attached hydrogen (secondary N) is 1. The highest BCUT2D eigenvalue weighted by atomic mass is 32.1. The molecule has 0 spiro atoms. The summed E-state index contributed by atoms with van der Waals surface area (Å²) in [5, 5.41) is 19.6. The lowest BCUT2D eigenvalue weighted by Gasteiger charge is -2.39. The molecule has 0 unspecified atom stereocenters. The van der Waals surface area contributed by atoms with Crippen LogP contribution in [0.4, 0.5) is 0 Å². The molecule has 1 aliphatic heterocycles. The molecule has 1 aliphatic rings. The molecule has 0 aromatic carbocycles. The van der Waals surface area contributed by atoms with Gasteiger partial charge in [0.1, 0.15) is 23.7 Å². The number of unbranched alkanes of at least 4 members (excludes halogenated alkanes) is 3. The molecule has 0 aliphatic carbocycles. The minimum atomic E-state index is -0.987. The Morgan fingerprint density at radius 2 is 1.94 bits per heavy atom. The van der Waals surface area contributed by atoms with Crippen molar-refractivity contribution < 1.29 is 19.8 Å². The Kier molecular flexibility index (Phi) is 7.51. The first-order valence-corrected chi connectivity index (χ1v) is 7.17. The van der Waals surface area contributed by atoms with Gasteiger partial charge < -0.3 is 14.9 Å². The Labute approximate surface area is 114 Å². The normalized spacial score (nSPS) is 36.8. The predicted octanol–water partition coefficient (Wildman–Crippen LogP) is 0.853. The molecule has 1 saturated heterocycles. The topological polar surface area (TPSA) is 71.0 Å². The quantitative estimate of drug-likeness (QED) is 0.316. The Bertz CT molecular complexity index is 232. The SMILES string of the molecule is CCCCCCNO[C@@H]1[C@@H](O)[C@@H](O)[C@@H](C)O[C@@H]1S. The molecule has 18 heavy (non-hydrogen) atoms. The number of rotatable bonds is 7. The van der Waals surface area contributed by atoms with Crippen molar-refractivity contribution in [3.63, 3.8) is 0 Å². The molecule has 0 aromatic rings. The summed E-state index contributed by atoms with van der Waals surface area (Å²) in [5.41, 5.74) is 2.27. The largest absolute Gasteiger partial charge is 0.388 e. The lowest BCUT2D eigenvalue weighted by atomic mass is 10.0. The fourth-order valence-corrected chi connectivity index (χ4v) is 2.35. The first-order valence-electron chi connectivity index (χ1n) is 6.66. The summed E-state index contributed by atoms with van der Waals surface area (Å²) in [6.45, 7) is 4.58. The molecule has 108 valence electrons. The zero-order valence-corrected chi connectivity index (χ0v) is 12.0. The van der Waals surface area contributed by atoms with Gasteiger partial charge in [0.25, 0.3) is 0 Å².